The fourth-order valence-corrected chi connectivity index (χ4v) is 6.92. The normalized spacial score (nSPS) is 22.2. The van der Waals surface area contributed by atoms with Gasteiger partial charge >= 0.3 is 0 Å². The highest BCUT2D eigenvalue weighted by atomic mass is 32.2. The monoisotopic (exact) mass is 514 g/mol. The molecule has 0 aromatic heterocycles. The molecule has 2 saturated heterocycles. The van der Waals surface area contributed by atoms with Gasteiger partial charge in [-0.3, -0.25) is 29.2 Å². The lowest BCUT2D eigenvalue weighted by Crippen LogP contribution is -2.54. The molecule has 3 aromatic carbocycles. The van der Waals surface area contributed by atoms with Crippen molar-refractivity contribution in [2.75, 3.05) is 55.5 Å². The molecular formula is C29H30N4O3S. The van der Waals surface area contributed by atoms with E-state index in [1.165, 1.54) is 17.3 Å². The second-order valence-electron chi connectivity index (χ2n) is 9.63. The van der Waals surface area contributed by atoms with Gasteiger partial charge < -0.3 is 4.74 Å². The zero-order chi connectivity index (χ0) is 25.4. The molecule has 7 nitrogen and oxygen atoms in total. The summed E-state index contributed by atoms with van der Waals surface area (Å²) in [5.74, 6) is 0.864. The molecule has 6 rings (SSSR count). The summed E-state index contributed by atoms with van der Waals surface area (Å²) >= 11 is 1.42. The van der Waals surface area contributed by atoms with Crippen molar-refractivity contribution in [3.05, 3.63) is 90.0 Å². The predicted octanol–water partition coefficient (Wildman–Crippen LogP) is 3.75. The Morgan fingerprint density at radius 3 is 2.24 bits per heavy atom. The first-order valence-electron chi connectivity index (χ1n) is 12.6. The minimum atomic E-state index is -1.09. The fourth-order valence-electron chi connectivity index (χ4n) is 5.56. The molecule has 3 heterocycles. The Balaban J connectivity index is 1.23. The topological polar surface area (TPSA) is 56.3 Å². The van der Waals surface area contributed by atoms with Crippen molar-refractivity contribution in [3.8, 4) is 5.75 Å². The van der Waals surface area contributed by atoms with Gasteiger partial charge in [-0.1, -0.05) is 48.5 Å². The quantitative estimate of drug-likeness (QED) is 0.500. The van der Waals surface area contributed by atoms with Gasteiger partial charge in [0.15, 0.2) is 0 Å². The molecule has 3 aromatic rings. The predicted molar refractivity (Wildman–Crippen MR) is 147 cm³/mol. The number of hydrogen-bond donors (Lipinski definition) is 0. The van der Waals surface area contributed by atoms with Crippen molar-refractivity contribution >= 4 is 35.0 Å². The molecule has 0 saturated carbocycles. The molecule has 2 amide bonds. The molecule has 8 heteroatoms. The second kappa shape index (κ2) is 9.85. The van der Waals surface area contributed by atoms with Gasteiger partial charge in [-0.2, -0.15) is 0 Å². The average Bonchev–Trinajstić information content (AvgIpc) is 3.41. The Morgan fingerprint density at radius 2 is 1.51 bits per heavy atom. The molecule has 0 unspecified atom stereocenters. The van der Waals surface area contributed by atoms with Crippen molar-refractivity contribution < 1.29 is 14.3 Å². The zero-order valence-corrected chi connectivity index (χ0v) is 21.7. The summed E-state index contributed by atoms with van der Waals surface area (Å²) in [6.45, 7) is 5.14. The maximum absolute atomic E-state index is 14.3. The third-order valence-corrected chi connectivity index (χ3v) is 8.84. The molecule has 37 heavy (non-hydrogen) atoms. The largest absolute Gasteiger partial charge is 0.497 e. The number of para-hydroxylation sites is 1. The van der Waals surface area contributed by atoms with Gasteiger partial charge in [0.2, 0.25) is 10.8 Å². The third kappa shape index (κ3) is 4.19. The number of carbonyl (C=O) groups excluding carboxylic acids is 2. The Kier molecular flexibility index (Phi) is 6.40. The maximum Gasteiger partial charge on any atom is 0.269 e. The van der Waals surface area contributed by atoms with Crippen molar-refractivity contribution in [1.82, 2.24) is 9.80 Å². The molecule has 1 spiro atoms. The molecule has 0 radical (unpaired) electrons. The third-order valence-electron chi connectivity index (χ3n) is 7.45. The lowest BCUT2D eigenvalue weighted by Gasteiger charge is -2.37. The number of methoxy groups -OCH3 is 1. The van der Waals surface area contributed by atoms with Crippen LogP contribution in [0.1, 0.15) is 11.1 Å². The number of piperazine rings is 1. The average molecular weight is 515 g/mol. The van der Waals surface area contributed by atoms with Crippen LogP contribution in [0.5, 0.6) is 5.75 Å². The first-order chi connectivity index (χ1) is 18.1. The Morgan fingerprint density at radius 1 is 0.838 bits per heavy atom. The fraction of sp³-hybridized carbons (Fsp3) is 0.310. The van der Waals surface area contributed by atoms with Crippen LogP contribution >= 0.6 is 11.8 Å². The number of thioether (sulfide) groups is 1. The van der Waals surface area contributed by atoms with Crippen molar-refractivity contribution in [1.29, 1.82) is 0 Å². The number of fused-ring (bicyclic) bond motifs is 2. The molecule has 0 N–H and O–H groups in total. The first kappa shape index (κ1) is 24.0. The van der Waals surface area contributed by atoms with Gasteiger partial charge in [0.05, 0.1) is 25.2 Å². The van der Waals surface area contributed by atoms with Crippen LogP contribution < -0.4 is 14.5 Å². The standard InChI is InChI=1S/C29H30N4O3S/c1-36-24-13-11-23(12-14-24)33-27(34)20-37-29(33)25-9-5-6-10-26(25)32(28(29)35)21-31-17-15-30(16-18-31)19-22-7-3-2-4-8-22/h2-14H,15-21H2,1H3/t29-/m1/s1. The number of ether oxygens (including phenoxy) is 1. The number of hydrogen-bond acceptors (Lipinski definition) is 6. The van der Waals surface area contributed by atoms with Crippen LogP contribution in [0.4, 0.5) is 11.4 Å². The van der Waals surface area contributed by atoms with Crippen LogP contribution in [-0.2, 0) is 21.0 Å². The van der Waals surface area contributed by atoms with E-state index < -0.39 is 4.87 Å². The highest BCUT2D eigenvalue weighted by Gasteiger charge is 2.61. The summed E-state index contributed by atoms with van der Waals surface area (Å²) in [7, 11) is 1.61. The number of nitrogens with zero attached hydrogens (tertiary/aromatic N) is 4. The molecule has 0 aliphatic carbocycles. The van der Waals surface area contributed by atoms with Crippen LogP contribution in [0.3, 0.4) is 0 Å². The summed E-state index contributed by atoms with van der Waals surface area (Å²) in [4.78, 5) is 34.8. The molecular weight excluding hydrogens is 484 g/mol. The van der Waals surface area contributed by atoms with Gasteiger partial charge in [0.1, 0.15) is 5.75 Å². The number of benzene rings is 3. The highest BCUT2D eigenvalue weighted by Crippen LogP contribution is 2.55. The number of amides is 2. The Bertz CT molecular complexity index is 1290. The second-order valence-corrected chi connectivity index (χ2v) is 10.8. The van der Waals surface area contributed by atoms with Gasteiger partial charge in [0, 0.05) is 44.0 Å². The number of rotatable bonds is 6. The molecule has 1 atom stereocenters. The van der Waals surface area contributed by atoms with E-state index in [9.17, 15) is 9.59 Å². The Labute approximate surface area is 221 Å². The molecule has 2 fully saturated rings. The molecule has 190 valence electrons. The molecule has 3 aliphatic heterocycles. The molecule has 0 bridgehead atoms. The van der Waals surface area contributed by atoms with Crippen molar-refractivity contribution in [2.45, 2.75) is 11.4 Å². The minimum Gasteiger partial charge on any atom is -0.497 e. The first-order valence-corrected chi connectivity index (χ1v) is 13.6. The van der Waals surface area contributed by atoms with Crippen molar-refractivity contribution in [2.24, 2.45) is 0 Å². The van der Waals surface area contributed by atoms with Gasteiger partial charge in [-0.15, -0.1) is 11.8 Å². The van der Waals surface area contributed by atoms with Crippen LogP contribution in [0.25, 0.3) is 0 Å². The van der Waals surface area contributed by atoms with Gasteiger partial charge in [-0.25, -0.2) is 0 Å². The van der Waals surface area contributed by atoms with E-state index >= 15 is 0 Å². The summed E-state index contributed by atoms with van der Waals surface area (Å²) < 4.78 is 5.30. The van der Waals surface area contributed by atoms with Crippen molar-refractivity contribution in [3.63, 3.8) is 0 Å². The zero-order valence-electron chi connectivity index (χ0n) is 20.9. The van der Waals surface area contributed by atoms with E-state index in [0.29, 0.717) is 18.1 Å². The van der Waals surface area contributed by atoms with E-state index in [4.69, 9.17) is 4.74 Å². The van der Waals surface area contributed by atoms with E-state index in [-0.39, 0.29) is 17.6 Å². The lowest BCUT2D eigenvalue weighted by molar-refractivity contribution is -0.124. The van der Waals surface area contributed by atoms with Crippen LogP contribution in [0, 0.1) is 0 Å². The Hall–Kier alpha value is -3.33. The maximum atomic E-state index is 14.3. The van der Waals surface area contributed by atoms with Crippen LogP contribution in [0.2, 0.25) is 0 Å². The summed E-state index contributed by atoms with van der Waals surface area (Å²) in [5.41, 5.74) is 3.80. The molecule has 3 aliphatic rings. The highest BCUT2D eigenvalue weighted by molar-refractivity contribution is 8.02. The van der Waals surface area contributed by atoms with E-state index in [1.54, 1.807) is 12.0 Å². The SMILES string of the molecule is COc1ccc(N2C(=O)CS[C@]23C(=O)N(CN2CCN(Cc4ccccc4)CC2)c2ccccc23)cc1. The summed E-state index contributed by atoms with van der Waals surface area (Å²) in [6, 6.07) is 25.8. The van der Waals surface area contributed by atoms with Crippen LogP contribution in [-0.4, -0.2) is 67.3 Å². The van der Waals surface area contributed by atoms with E-state index in [1.807, 2.05) is 59.5 Å². The summed E-state index contributed by atoms with van der Waals surface area (Å²) in [5, 5.41) is 0. The van der Waals surface area contributed by atoms with Crippen LogP contribution in [0.15, 0.2) is 78.9 Å². The van der Waals surface area contributed by atoms with Gasteiger partial charge in [-0.05, 0) is 35.9 Å². The summed E-state index contributed by atoms with van der Waals surface area (Å²) in [6.07, 6.45) is 0. The lowest BCUT2D eigenvalue weighted by atomic mass is 10.0. The van der Waals surface area contributed by atoms with E-state index in [2.05, 4.69) is 34.1 Å². The number of carbonyl (C=O) groups is 2. The van der Waals surface area contributed by atoms with Gasteiger partial charge in [0.25, 0.3) is 5.91 Å². The minimum absolute atomic E-state index is 0.0490. The smallest absolute Gasteiger partial charge is 0.269 e. The van der Waals surface area contributed by atoms with E-state index in [0.717, 1.165) is 44.0 Å². The number of anilines is 2.